The molecule has 0 amide bonds. The van der Waals surface area contributed by atoms with E-state index in [9.17, 15) is 4.79 Å². The number of hydrogen-bond acceptors (Lipinski definition) is 2. The fourth-order valence-electron chi connectivity index (χ4n) is 1.07. The van der Waals surface area contributed by atoms with Crippen LogP contribution in [0.1, 0.15) is 5.56 Å². The van der Waals surface area contributed by atoms with Crippen LogP contribution >= 0.6 is 11.6 Å². The molecule has 0 bridgehead atoms. The first-order chi connectivity index (χ1) is 5.66. The molecule has 1 heterocycles. The Morgan fingerprint density at radius 3 is 3.00 bits per heavy atom. The van der Waals surface area contributed by atoms with Crippen molar-refractivity contribution in [3.05, 3.63) is 40.2 Å². The van der Waals surface area contributed by atoms with Crippen molar-refractivity contribution in [2.24, 2.45) is 0 Å². The molecule has 0 unspecified atom stereocenters. The summed E-state index contributed by atoms with van der Waals surface area (Å²) in [5, 5.41) is 0.399. The second-order valence-electron chi connectivity index (χ2n) is 2.47. The van der Waals surface area contributed by atoms with Crippen molar-refractivity contribution in [3.63, 3.8) is 0 Å². The second kappa shape index (κ2) is 2.38. The van der Waals surface area contributed by atoms with E-state index in [-0.39, 0.29) is 0 Å². The van der Waals surface area contributed by atoms with Crippen molar-refractivity contribution >= 4 is 22.7 Å². The van der Waals surface area contributed by atoms with Crippen LogP contribution in [0.2, 0.25) is 5.02 Å². The minimum absolute atomic E-state index is 0.383. The molecular weight excluding hydrogens is 178 g/mol. The van der Waals surface area contributed by atoms with Gasteiger partial charge >= 0.3 is 5.76 Å². The number of benzene rings is 1. The van der Waals surface area contributed by atoms with Crippen LogP contribution in [0, 0.1) is 6.92 Å². The molecule has 1 aromatic heterocycles. The quantitative estimate of drug-likeness (QED) is 0.677. The van der Waals surface area contributed by atoms with E-state index in [0.29, 0.717) is 16.1 Å². The highest BCUT2D eigenvalue weighted by atomic mass is 35.5. The highest BCUT2D eigenvalue weighted by Gasteiger charge is 2.05. The molecule has 3 nitrogen and oxygen atoms in total. The monoisotopic (exact) mass is 182 g/mol. The summed E-state index contributed by atoms with van der Waals surface area (Å²) in [6.45, 7) is 3.69. The summed E-state index contributed by atoms with van der Waals surface area (Å²) in [6, 6.07) is 3.34. The summed E-state index contributed by atoms with van der Waals surface area (Å²) in [7, 11) is 0. The van der Waals surface area contributed by atoms with E-state index in [1.807, 2.05) is 0 Å². The van der Waals surface area contributed by atoms with Crippen molar-refractivity contribution in [1.82, 2.24) is 4.98 Å². The zero-order valence-corrected chi connectivity index (χ0v) is 6.81. The van der Waals surface area contributed by atoms with Gasteiger partial charge in [0.15, 0.2) is 5.58 Å². The lowest BCUT2D eigenvalue weighted by Crippen LogP contribution is -1.92. The molecule has 0 saturated carbocycles. The van der Waals surface area contributed by atoms with Crippen LogP contribution in [0.15, 0.2) is 21.3 Å². The van der Waals surface area contributed by atoms with E-state index in [1.54, 1.807) is 12.1 Å². The van der Waals surface area contributed by atoms with Crippen molar-refractivity contribution in [2.45, 2.75) is 0 Å². The first-order valence-corrected chi connectivity index (χ1v) is 3.69. The van der Waals surface area contributed by atoms with Crippen LogP contribution in [0.3, 0.4) is 0 Å². The first kappa shape index (κ1) is 7.43. The second-order valence-corrected chi connectivity index (χ2v) is 2.88. The smallest absolute Gasteiger partial charge is 0.406 e. The minimum Gasteiger partial charge on any atom is -0.406 e. The lowest BCUT2D eigenvalue weighted by Gasteiger charge is -1.93. The van der Waals surface area contributed by atoms with Gasteiger partial charge in [-0.05, 0) is 24.6 Å². The average molecular weight is 183 g/mol. The Balaban J connectivity index is 2.97. The molecule has 2 aromatic rings. The van der Waals surface area contributed by atoms with Crippen LogP contribution in [0.5, 0.6) is 0 Å². The van der Waals surface area contributed by atoms with Gasteiger partial charge in [-0.2, -0.15) is 0 Å². The van der Waals surface area contributed by atoms with Gasteiger partial charge in [0.2, 0.25) is 0 Å². The van der Waals surface area contributed by atoms with Crippen LogP contribution in [-0.4, -0.2) is 4.98 Å². The molecule has 0 spiro atoms. The van der Waals surface area contributed by atoms with Gasteiger partial charge < -0.3 is 4.42 Å². The molecule has 1 aromatic carbocycles. The molecule has 12 heavy (non-hydrogen) atoms. The van der Waals surface area contributed by atoms with Gasteiger partial charge in [-0.15, -0.1) is 0 Å². The third kappa shape index (κ3) is 1.02. The number of hydrogen-bond donors (Lipinski definition) is 1. The molecule has 0 aliphatic rings. The van der Waals surface area contributed by atoms with E-state index >= 15 is 0 Å². The molecule has 0 atom stereocenters. The summed E-state index contributed by atoms with van der Waals surface area (Å²) in [4.78, 5) is 13.2. The summed E-state index contributed by atoms with van der Waals surface area (Å²) in [5.41, 5.74) is 1.70. The van der Waals surface area contributed by atoms with Crippen LogP contribution in [0.4, 0.5) is 0 Å². The standard InChI is InChI=1S/C8H5ClNO2/c1-4-2-5(9)7-6(3-4)10-8(11)12-7/h2-3H,1H2,(H,10,11). The molecule has 1 N–H and O–H groups in total. The number of nitrogens with one attached hydrogen (secondary N) is 1. The molecule has 2 rings (SSSR count). The van der Waals surface area contributed by atoms with E-state index in [2.05, 4.69) is 11.9 Å². The predicted molar refractivity (Wildman–Crippen MR) is 46.3 cm³/mol. The third-order valence-electron chi connectivity index (χ3n) is 1.53. The molecule has 0 aliphatic carbocycles. The number of fused-ring (bicyclic) bond motifs is 1. The van der Waals surface area contributed by atoms with E-state index in [4.69, 9.17) is 16.0 Å². The van der Waals surface area contributed by atoms with Crippen molar-refractivity contribution in [2.75, 3.05) is 0 Å². The Bertz CT molecular complexity index is 483. The normalized spacial score (nSPS) is 10.8. The predicted octanol–water partition coefficient (Wildman–Crippen LogP) is 1.96. The molecule has 4 heteroatoms. The number of aromatic nitrogens is 1. The fraction of sp³-hybridized carbons (Fsp3) is 0. The van der Waals surface area contributed by atoms with Crippen LogP contribution < -0.4 is 5.76 Å². The number of rotatable bonds is 0. The van der Waals surface area contributed by atoms with Gasteiger partial charge in [0.25, 0.3) is 0 Å². The van der Waals surface area contributed by atoms with Crippen LogP contribution in [-0.2, 0) is 0 Å². The zero-order chi connectivity index (χ0) is 8.72. The Morgan fingerprint density at radius 1 is 1.50 bits per heavy atom. The van der Waals surface area contributed by atoms with Gasteiger partial charge in [0, 0.05) is 0 Å². The maximum absolute atomic E-state index is 10.8. The van der Waals surface area contributed by atoms with Crippen molar-refractivity contribution in [1.29, 1.82) is 0 Å². The van der Waals surface area contributed by atoms with Gasteiger partial charge in [0.05, 0.1) is 10.5 Å². The fourth-order valence-corrected chi connectivity index (χ4v) is 1.35. The Kier molecular flexibility index (Phi) is 1.48. The Labute approximate surface area is 73.0 Å². The molecule has 61 valence electrons. The van der Waals surface area contributed by atoms with E-state index in [1.165, 1.54) is 0 Å². The summed E-state index contributed by atoms with van der Waals surface area (Å²) in [6.07, 6.45) is 0. The van der Waals surface area contributed by atoms with Gasteiger partial charge in [0.1, 0.15) is 0 Å². The number of aromatic amines is 1. The summed E-state index contributed by atoms with van der Waals surface area (Å²) >= 11 is 5.78. The zero-order valence-electron chi connectivity index (χ0n) is 6.06. The highest BCUT2D eigenvalue weighted by Crippen LogP contribution is 2.22. The Morgan fingerprint density at radius 2 is 2.25 bits per heavy atom. The molecule has 0 fully saturated rings. The average Bonchev–Trinajstić information content (AvgIpc) is 2.29. The number of oxazole rings is 1. The molecule has 0 saturated heterocycles. The lowest BCUT2D eigenvalue weighted by atomic mass is 10.2. The SMILES string of the molecule is [CH2]c1cc(Cl)c2oc(=O)[nH]c2c1. The third-order valence-corrected chi connectivity index (χ3v) is 1.82. The van der Waals surface area contributed by atoms with Gasteiger partial charge in [-0.1, -0.05) is 11.6 Å². The molecule has 1 radical (unpaired) electrons. The number of halogens is 1. The topological polar surface area (TPSA) is 46.0 Å². The van der Waals surface area contributed by atoms with Gasteiger partial charge in [-0.3, -0.25) is 4.98 Å². The first-order valence-electron chi connectivity index (χ1n) is 3.31. The summed E-state index contributed by atoms with van der Waals surface area (Å²) < 4.78 is 4.78. The highest BCUT2D eigenvalue weighted by molar-refractivity contribution is 6.34. The number of H-pyrrole nitrogens is 1. The minimum atomic E-state index is -0.502. The maximum atomic E-state index is 10.8. The van der Waals surface area contributed by atoms with E-state index < -0.39 is 5.76 Å². The largest absolute Gasteiger partial charge is 0.417 e. The summed E-state index contributed by atoms with van der Waals surface area (Å²) in [5.74, 6) is -0.502. The van der Waals surface area contributed by atoms with E-state index in [0.717, 1.165) is 5.56 Å². The molecular formula is C8H5ClNO2. The van der Waals surface area contributed by atoms with Crippen molar-refractivity contribution in [3.8, 4) is 0 Å². The maximum Gasteiger partial charge on any atom is 0.417 e. The lowest BCUT2D eigenvalue weighted by molar-refractivity contribution is 0.555. The van der Waals surface area contributed by atoms with Crippen LogP contribution in [0.25, 0.3) is 11.1 Å². The van der Waals surface area contributed by atoms with Gasteiger partial charge in [-0.25, -0.2) is 4.79 Å². The van der Waals surface area contributed by atoms with Crippen molar-refractivity contribution < 1.29 is 4.42 Å². The molecule has 0 aliphatic heterocycles. The Hall–Kier alpha value is -1.22.